The monoisotopic (exact) mass is 297 g/mol. The Morgan fingerprint density at radius 2 is 1.57 bits per heavy atom. The number of carbonyl (C=O) groups is 3. The van der Waals surface area contributed by atoms with E-state index in [1.165, 1.54) is 21.3 Å². The molecule has 1 heterocycles. The van der Waals surface area contributed by atoms with E-state index in [1.54, 1.807) is 11.5 Å². The van der Waals surface area contributed by atoms with E-state index in [0.29, 0.717) is 12.2 Å². The van der Waals surface area contributed by atoms with Gasteiger partial charge in [-0.25, -0.2) is 9.59 Å². The SMILES string of the molecule is CCn1c(C)c(C(=O)OC)c(CC(=O)OC)c1C(=O)OC. The molecule has 1 aromatic rings. The van der Waals surface area contributed by atoms with E-state index in [0.717, 1.165) is 0 Å². The molecule has 7 heteroatoms. The first-order chi connectivity index (χ1) is 9.92. The van der Waals surface area contributed by atoms with Crippen LogP contribution < -0.4 is 0 Å². The average Bonchev–Trinajstić information content (AvgIpc) is 2.77. The van der Waals surface area contributed by atoms with Crippen molar-refractivity contribution < 1.29 is 28.6 Å². The molecule has 0 unspecified atom stereocenters. The highest BCUT2D eigenvalue weighted by atomic mass is 16.5. The topological polar surface area (TPSA) is 83.8 Å². The first-order valence-corrected chi connectivity index (χ1v) is 6.38. The van der Waals surface area contributed by atoms with Gasteiger partial charge in [0.2, 0.25) is 0 Å². The minimum atomic E-state index is -0.617. The first kappa shape index (κ1) is 16.7. The summed E-state index contributed by atoms with van der Waals surface area (Å²) in [4.78, 5) is 35.6. The van der Waals surface area contributed by atoms with Gasteiger partial charge in [0.05, 0.1) is 33.3 Å². The van der Waals surface area contributed by atoms with Crippen LogP contribution in [-0.4, -0.2) is 43.8 Å². The summed E-state index contributed by atoms with van der Waals surface area (Å²) in [5.41, 5.74) is 1.18. The predicted molar refractivity (Wildman–Crippen MR) is 73.2 cm³/mol. The van der Waals surface area contributed by atoms with Gasteiger partial charge in [-0.15, -0.1) is 0 Å². The minimum Gasteiger partial charge on any atom is -0.469 e. The third-order valence-electron chi connectivity index (χ3n) is 3.26. The van der Waals surface area contributed by atoms with Gasteiger partial charge in [0.15, 0.2) is 0 Å². The number of aromatic nitrogens is 1. The normalized spacial score (nSPS) is 10.1. The van der Waals surface area contributed by atoms with Crippen LogP contribution in [0.15, 0.2) is 0 Å². The number of nitrogens with zero attached hydrogens (tertiary/aromatic N) is 1. The number of rotatable bonds is 5. The molecule has 0 aliphatic rings. The summed E-state index contributed by atoms with van der Waals surface area (Å²) < 4.78 is 15.7. The molecule has 1 aromatic heterocycles. The molecule has 7 nitrogen and oxygen atoms in total. The fourth-order valence-corrected chi connectivity index (χ4v) is 2.29. The van der Waals surface area contributed by atoms with Crippen LogP contribution in [0.1, 0.15) is 39.0 Å². The van der Waals surface area contributed by atoms with Crippen LogP contribution in [0.2, 0.25) is 0 Å². The number of methoxy groups -OCH3 is 3. The van der Waals surface area contributed by atoms with Gasteiger partial charge in [-0.1, -0.05) is 0 Å². The van der Waals surface area contributed by atoms with Crippen LogP contribution in [0.4, 0.5) is 0 Å². The van der Waals surface area contributed by atoms with E-state index < -0.39 is 17.9 Å². The Bertz CT molecular complexity index is 573. The lowest BCUT2D eigenvalue weighted by atomic mass is 10.1. The lowest BCUT2D eigenvalue weighted by Gasteiger charge is -2.08. The summed E-state index contributed by atoms with van der Waals surface area (Å²) in [5, 5.41) is 0. The van der Waals surface area contributed by atoms with Crippen molar-refractivity contribution in [3.63, 3.8) is 0 Å². The molecule has 0 saturated carbocycles. The molecular formula is C14H19NO6. The van der Waals surface area contributed by atoms with Gasteiger partial charge in [0.1, 0.15) is 5.69 Å². The summed E-state index contributed by atoms with van der Waals surface area (Å²) in [6, 6.07) is 0. The molecule has 0 radical (unpaired) electrons. The third kappa shape index (κ3) is 3.07. The van der Waals surface area contributed by atoms with Crippen LogP contribution in [0.3, 0.4) is 0 Å². The van der Waals surface area contributed by atoms with Gasteiger partial charge in [-0.05, 0) is 13.8 Å². The molecule has 0 N–H and O–H groups in total. The number of hydrogen-bond acceptors (Lipinski definition) is 6. The van der Waals surface area contributed by atoms with Crippen molar-refractivity contribution in [2.75, 3.05) is 21.3 Å². The van der Waals surface area contributed by atoms with Gasteiger partial charge in [0.25, 0.3) is 0 Å². The van der Waals surface area contributed by atoms with Crippen molar-refractivity contribution >= 4 is 17.9 Å². The van der Waals surface area contributed by atoms with E-state index in [1.807, 2.05) is 6.92 Å². The molecule has 0 amide bonds. The fourth-order valence-electron chi connectivity index (χ4n) is 2.29. The van der Waals surface area contributed by atoms with E-state index in [4.69, 9.17) is 9.47 Å². The Kier molecular flexibility index (Phi) is 5.52. The zero-order chi connectivity index (χ0) is 16.2. The Morgan fingerprint density at radius 1 is 1.00 bits per heavy atom. The second kappa shape index (κ2) is 6.92. The van der Waals surface area contributed by atoms with Crippen molar-refractivity contribution in [2.45, 2.75) is 26.8 Å². The Hall–Kier alpha value is -2.31. The Balaban J connectivity index is 3.62. The number of carbonyl (C=O) groups excluding carboxylic acids is 3. The molecule has 0 aromatic carbocycles. The Labute approximate surface area is 122 Å². The van der Waals surface area contributed by atoms with Crippen molar-refractivity contribution in [3.05, 3.63) is 22.5 Å². The predicted octanol–water partition coefficient (Wildman–Crippen LogP) is 1.11. The number of esters is 3. The van der Waals surface area contributed by atoms with Gasteiger partial charge in [-0.3, -0.25) is 4.79 Å². The highest BCUT2D eigenvalue weighted by Gasteiger charge is 2.30. The van der Waals surface area contributed by atoms with Gasteiger partial charge in [0, 0.05) is 17.8 Å². The first-order valence-electron chi connectivity index (χ1n) is 6.38. The minimum absolute atomic E-state index is 0.170. The number of ether oxygens (including phenoxy) is 3. The van der Waals surface area contributed by atoms with Crippen molar-refractivity contribution in [1.29, 1.82) is 0 Å². The largest absolute Gasteiger partial charge is 0.469 e. The summed E-state index contributed by atoms with van der Waals surface area (Å²) in [6.07, 6.45) is -0.209. The molecule has 0 aliphatic heterocycles. The van der Waals surface area contributed by atoms with Gasteiger partial charge >= 0.3 is 17.9 Å². The maximum atomic E-state index is 12.0. The molecule has 1 rings (SSSR count). The van der Waals surface area contributed by atoms with Crippen LogP contribution in [-0.2, 0) is 32.0 Å². The molecule has 0 spiro atoms. The molecule has 0 saturated heterocycles. The zero-order valence-corrected chi connectivity index (χ0v) is 12.8. The second-order valence-corrected chi connectivity index (χ2v) is 4.27. The van der Waals surface area contributed by atoms with Crippen LogP contribution in [0, 0.1) is 6.92 Å². The molecule has 0 fully saturated rings. The molecule has 0 bridgehead atoms. The van der Waals surface area contributed by atoms with E-state index in [9.17, 15) is 14.4 Å². The van der Waals surface area contributed by atoms with E-state index >= 15 is 0 Å². The highest BCUT2D eigenvalue weighted by Crippen LogP contribution is 2.25. The second-order valence-electron chi connectivity index (χ2n) is 4.27. The standard InChI is InChI=1S/C14H19NO6/c1-6-15-8(2)11(13(17)20-4)9(7-10(16)19-3)12(15)14(18)21-5/h6-7H2,1-5H3. The van der Waals surface area contributed by atoms with Gasteiger partial charge in [-0.2, -0.15) is 0 Å². The maximum absolute atomic E-state index is 12.0. The van der Waals surface area contributed by atoms with Crippen LogP contribution >= 0.6 is 0 Å². The van der Waals surface area contributed by atoms with E-state index in [-0.39, 0.29) is 23.2 Å². The Morgan fingerprint density at radius 3 is 2.00 bits per heavy atom. The highest BCUT2D eigenvalue weighted by molar-refractivity contribution is 6.00. The zero-order valence-electron chi connectivity index (χ0n) is 12.8. The number of hydrogen-bond donors (Lipinski definition) is 0. The quantitative estimate of drug-likeness (QED) is 0.598. The lowest BCUT2D eigenvalue weighted by Crippen LogP contribution is -2.15. The van der Waals surface area contributed by atoms with Crippen LogP contribution in [0.25, 0.3) is 0 Å². The summed E-state index contributed by atoms with van der Waals surface area (Å²) in [6.45, 7) is 3.95. The molecule has 0 atom stereocenters. The molecule has 0 aliphatic carbocycles. The fraction of sp³-hybridized carbons (Fsp3) is 0.500. The van der Waals surface area contributed by atoms with Crippen molar-refractivity contribution in [2.24, 2.45) is 0 Å². The smallest absolute Gasteiger partial charge is 0.355 e. The molecule has 116 valence electrons. The van der Waals surface area contributed by atoms with Crippen LogP contribution in [0.5, 0.6) is 0 Å². The molecule has 21 heavy (non-hydrogen) atoms. The molecular weight excluding hydrogens is 278 g/mol. The maximum Gasteiger partial charge on any atom is 0.355 e. The third-order valence-corrected chi connectivity index (χ3v) is 3.26. The van der Waals surface area contributed by atoms with Crippen molar-refractivity contribution in [3.8, 4) is 0 Å². The van der Waals surface area contributed by atoms with Gasteiger partial charge < -0.3 is 18.8 Å². The van der Waals surface area contributed by atoms with E-state index in [2.05, 4.69) is 4.74 Å². The van der Waals surface area contributed by atoms with Crippen molar-refractivity contribution in [1.82, 2.24) is 4.57 Å². The lowest BCUT2D eigenvalue weighted by molar-refractivity contribution is -0.139. The summed E-state index contributed by atoms with van der Waals surface area (Å²) in [5.74, 6) is -1.78. The summed E-state index contributed by atoms with van der Waals surface area (Å²) >= 11 is 0. The summed E-state index contributed by atoms with van der Waals surface area (Å²) in [7, 11) is 3.72. The average molecular weight is 297 g/mol.